The standard InChI is InChI=1S/C26H22Br2O2P2/c27-25(31(29,21-13-5-1-6-14-21)22-15-7-2-8-16-22)26(28)32(30,23-17-9-3-10-18-23)24-19-11-4-12-20-24/h1-20,25-26H/t25-,26+. The van der Waals surface area contributed by atoms with Gasteiger partial charge in [-0.15, -0.1) is 0 Å². The van der Waals surface area contributed by atoms with Crippen LogP contribution in [0.4, 0.5) is 0 Å². The SMILES string of the molecule is O=P(c1ccccc1)(c1ccccc1)[C@H](Br)[C@H](Br)P(=O)(c1ccccc1)c1ccccc1. The minimum atomic E-state index is -3.21. The Kier molecular flexibility index (Phi) is 7.37. The smallest absolute Gasteiger partial charge is 0.157 e. The molecule has 0 aliphatic carbocycles. The second-order valence-corrected chi connectivity index (χ2v) is 16.6. The van der Waals surface area contributed by atoms with Crippen molar-refractivity contribution in [2.75, 3.05) is 0 Å². The largest absolute Gasteiger partial charge is 0.312 e. The predicted octanol–water partition coefficient (Wildman–Crippen LogP) is 6.46. The number of benzene rings is 4. The van der Waals surface area contributed by atoms with Gasteiger partial charge in [0.15, 0.2) is 14.3 Å². The Labute approximate surface area is 206 Å². The number of hydrogen-bond acceptors (Lipinski definition) is 2. The molecule has 2 atom stereocenters. The maximum atomic E-state index is 14.9. The first-order valence-corrected chi connectivity index (χ1v) is 15.6. The molecule has 0 spiro atoms. The van der Waals surface area contributed by atoms with Crippen LogP contribution >= 0.6 is 46.1 Å². The zero-order valence-electron chi connectivity index (χ0n) is 17.2. The molecule has 0 aliphatic heterocycles. The van der Waals surface area contributed by atoms with Crippen LogP contribution in [0.25, 0.3) is 0 Å². The molecule has 4 aromatic rings. The molecule has 0 saturated heterocycles. The highest BCUT2D eigenvalue weighted by Gasteiger charge is 2.47. The van der Waals surface area contributed by atoms with Crippen molar-refractivity contribution < 1.29 is 9.13 Å². The van der Waals surface area contributed by atoms with Crippen LogP contribution < -0.4 is 21.2 Å². The second-order valence-electron chi connectivity index (χ2n) is 7.40. The summed E-state index contributed by atoms with van der Waals surface area (Å²) in [5.74, 6) is 0. The Balaban J connectivity index is 1.91. The van der Waals surface area contributed by atoms with Gasteiger partial charge in [-0.3, -0.25) is 0 Å². The molecule has 0 heterocycles. The van der Waals surface area contributed by atoms with E-state index in [1.54, 1.807) is 0 Å². The minimum Gasteiger partial charge on any atom is -0.312 e. The molecular weight excluding hydrogens is 566 g/mol. The molecular formula is C26H22Br2O2P2. The van der Waals surface area contributed by atoms with Crippen molar-refractivity contribution in [1.82, 2.24) is 0 Å². The highest BCUT2D eigenvalue weighted by Crippen LogP contribution is 2.63. The number of alkyl halides is 2. The van der Waals surface area contributed by atoms with E-state index in [1.165, 1.54) is 0 Å². The summed E-state index contributed by atoms with van der Waals surface area (Å²) in [6.07, 6.45) is 0. The van der Waals surface area contributed by atoms with Crippen LogP contribution in [0.2, 0.25) is 0 Å². The molecule has 0 fully saturated rings. The van der Waals surface area contributed by atoms with Crippen molar-refractivity contribution in [2.45, 2.75) is 9.14 Å². The molecule has 4 aromatic carbocycles. The molecule has 2 nitrogen and oxygen atoms in total. The number of rotatable bonds is 7. The molecule has 4 rings (SSSR count). The Morgan fingerprint density at radius 2 is 0.594 bits per heavy atom. The fraction of sp³-hybridized carbons (Fsp3) is 0.0769. The van der Waals surface area contributed by atoms with Gasteiger partial charge in [0.2, 0.25) is 0 Å². The summed E-state index contributed by atoms with van der Waals surface area (Å²) in [6, 6.07) is 37.9. The van der Waals surface area contributed by atoms with Gasteiger partial charge in [-0.2, -0.15) is 0 Å². The summed E-state index contributed by atoms with van der Waals surface area (Å²) in [5, 5.41) is 2.91. The van der Waals surface area contributed by atoms with E-state index in [0.29, 0.717) is 0 Å². The van der Waals surface area contributed by atoms with Crippen molar-refractivity contribution in [1.29, 1.82) is 0 Å². The average molecular weight is 588 g/mol. The summed E-state index contributed by atoms with van der Waals surface area (Å²) in [5.41, 5.74) is 0. The molecule has 6 heteroatoms. The van der Waals surface area contributed by atoms with Gasteiger partial charge in [0.1, 0.15) is 0 Å². The third-order valence-electron chi connectivity index (χ3n) is 5.48. The average Bonchev–Trinajstić information content (AvgIpc) is 2.89. The van der Waals surface area contributed by atoms with Crippen molar-refractivity contribution in [3.63, 3.8) is 0 Å². The molecule has 0 saturated carbocycles. The molecule has 0 N–H and O–H groups in total. The zero-order chi connectivity index (χ0) is 22.6. The van der Waals surface area contributed by atoms with Crippen molar-refractivity contribution >= 4 is 67.4 Å². The van der Waals surface area contributed by atoms with Crippen LogP contribution in [0.15, 0.2) is 121 Å². The Bertz CT molecular complexity index is 1060. The summed E-state index contributed by atoms with van der Waals surface area (Å²) >= 11 is 7.58. The van der Waals surface area contributed by atoms with E-state index in [2.05, 4.69) is 31.9 Å². The van der Waals surface area contributed by atoms with Crippen LogP contribution in [0.3, 0.4) is 0 Å². The topological polar surface area (TPSA) is 34.1 Å². The van der Waals surface area contributed by atoms with E-state index >= 15 is 0 Å². The van der Waals surface area contributed by atoms with Crippen LogP contribution in [0.1, 0.15) is 0 Å². The highest BCUT2D eigenvalue weighted by atomic mass is 79.9. The normalized spacial score (nSPS) is 13.9. The van der Waals surface area contributed by atoms with Gasteiger partial charge in [0.05, 0.1) is 9.14 Å². The van der Waals surface area contributed by atoms with Gasteiger partial charge in [-0.25, -0.2) is 0 Å². The Hall–Kier alpha value is -1.70. The quantitative estimate of drug-likeness (QED) is 0.184. The lowest BCUT2D eigenvalue weighted by molar-refractivity contribution is 0.579. The van der Waals surface area contributed by atoms with E-state index in [9.17, 15) is 9.13 Å². The van der Waals surface area contributed by atoms with Crippen LogP contribution in [-0.2, 0) is 9.13 Å². The van der Waals surface area contributed by atoms with Gasteiger partial charge >= 0.3 is 0 Å². The zero-order valence-corrected chi connectivity index (χ0v) is 22.1. The summed E-state index contributed by atoms with van der Waals surface area (Å²) in [6.45, 7) is 0. The van der Waals surface area contributed by atoms with E-state index in [4.69, 9.17) is 0 Å². The van der Waals surface area contributed by atoms with Crippen LogP contribution in [0.5, 0.6) is 0 Å². The molecule has 0 bridgehead atoms. The lowest BCUT2D eigenvalue weighted by Gasteiger charge is -2.33. The van der Waals surface area contributed by atoms with E-state index in [1.807, 2.05) is 121 Å². The van der Waals surface area contributed by atoms with E-state index < -0.39 is 23.4 Å². The van der Waals surface area contributed by atoms with Gasteiger partial charge in [0.25, 0.3) is 0 Å². The Morgan fingerprint density at radius 1 is 0.406 bits per heavy atom. The van der Waals surface area contributed by atoms with Crippen molar-refractivity contribution in [3.8, 4) is 0 Å². The van der Waals surface area contributed by atoms with Crippen LogP contribution in [0, 0.1) is 0 Å². The first kappa shape index (κ1) is 23.5. The monoisotopic (exact) mass is 586 g/mol. The first-order chi connectivity index (χ1) is 15.5. The maximum Gasteiger partial charge on any atom is 0.157 e. The molecule has 0 radical (unpaired) electrons. The molecule has 0 aromatic heterocycles. The predicted molar refractivity (Wildman–Crippen MR) is 145 cm³/mol. The van der Waals surface area contributed by atoms with Gasteiger partial charge in [0, 0.05) is 21.2 Å². The molecule has 162 valence electrons. The summed E-state index contributed by atoms with van der Waals surface area (Å²) in [4.78, 5) is 0. The van der Waals surface area contributed by atoms with E-state index in [-0.39, 0.29) is 0 Å². The molecule has 32 heavy (non-hydrogen) atoms. The van der Waals surface area contributed by atoms with E-state index in [0.717, 1.165) is 21.2 Å². The first-order valence-electron chi connectivity index (χ1n) is 10.2. The third-order valence-corrected chi connectivity index (χ3v) is 18.0. The molecule has 0 amide bonds. The van der Waals surface area contributed by atoms with Gasteiger partial charge in [-0.1, -0.05) is 153 Å². The van der Waals surface area contributed by atoms with Crippen molar-refractivity contribution in [2.24, 2.45) is 0 Å². The summed E-state index contributed by atoms with van der Waals surface area (Å²) < 4.78 is 28.5. The lowest BCUT2D eigenvalue weighted by atomic mass is 10.4. The fourth-order valence-electron chi connectivity index (χ4n) is 3.81. The highest BCUT2D eigenvalue weighted by molar-refractivity contribution is 9.14. The lowest BCUT2D eigenvalue weighted by Crippen LogP contribution is -2.33. The second kappa shape index (κ2) is 10.1. The summed E-state index contributed by atoms with van der Waals surface area (Å²) in [7, 11) is -6.42. The number of halogens is 2. The third kappa shape index (κ3) is 4.27. The van der Waals surface area contributed by atoms with Crippen molar-refractivity contribution in [3.05, 3.63) is 121 Å². The minimum absolute atomic E-state index is 0.606. The number of hydrogen-bond donors (Lipinski definition) is 0. The molecule has 0 aliphatic rings. The fourth-order valence-corrected chi connectivity index (χ4v) is 14.7. The Morgan fingerprint density at radius 3 is 0.781 bits per heavy atom. The molecule has 0 unspecified atom stereocenters. The van der Waals surface area contributed by atoms with Gasteiger partial charge in [-0.05, 0) is 0 Å². The van der Waals surface area contributed by atoms with Gasteiger partial charge < -0.3 is 9.13 Å². The maximum absolute atomic E-state index is 14.9. The van der Waals surface area contributed by atoms with Crippen LogP contribution in [-0.4, -0.2) is 9.14 Å².